The lowest BCUT2D eigenvalue weighted by Gasteiger charge is -2.20. The third-order valence-electron chi connectivity index (χ3n) is 2.65. The van der Waals surface area contributed by atoms with E-state index in [1.165, 1.54) is 25.6 Å². The number of amides is 1. The summed E-state index contributed by atoms with van der Waals surface area (Å²) < 4.78 is 5.02. The maximum absolute atomic E-state index is 11.6. The normalized spacial score (nSPS) is 11.4. The molecule has 0 aliphatic carbocycles. The number of nitrogens with zero attached hydrogens (tertiary/aromatic N) is 1. The Kier molecular flexibility index (Phi) is 4.99. The third kappa shape index (κ3) is 4.27. The molecule has 2 N–H and O–H groups in total. The van der Waals surface area contributed by atoms with Gasteiger partial charge in [0.25, 0.3) is 0 Å². The number of carbonyl (C=O) groups excluding carboxylic acids is 1. The zero-order chi connectivity index (χ0) is 14.6. The average molecular weight is 286 g/mol. The van der Waals surface area contributed by atoms with Gasteiger partial charge in [-0.15, -0.1) is 11.8 Å². The summed E-state index contributed by atoms with van der Waals surface area (Å²) in [6.07, 6.45) is 0. The van der Waals surface area contributed by atoms with Crippen LogP contribution in [0.15, 0.2) is 4.52 Å². The van der Waals surface area contributed by atoms with E-state index in [0.29, 0.717) is 5.75 Å². The van der Waals surface area contributed by atoms with Gasteiger partial charge in [0, 0.05) is 11.3 Å². The summed E-state index contributed by atoms with van der Waals surface area (Å²) in [5.41, 5.74) is 0.548. The molecule has 1 amide bonds. The van der Waals surface area contributed by atoms with E-state index in [4.69, 9.17) is 9.63 Å². The number of hydrogen-bond donors (Lipinski definition) is 2. The second kappa shape index (κ2) is 6.10. The first kappa shape index (κ1) is 15.6. The van der Waals surface area contributed by atoms with Crippen LogP contribution < -0.4 is 5.32 Å². The highest BCUT2D eigenvalue weighted by atomic mass is 32.2. The Bertz CT molecular complexity index is 463. The van der Waals surface area contributed by atoms with Gasteiger partial charge in [0.05, 0.1) is 11.4 Å². The average Bonchev–Trinajstić information content (AvgIpc) is 2.59. The molecule has 1 rings (SSSR count). The summed E-state index contributed by atoms with van der Waals surface area (Å²) in [5, 5.41) is 15.2. The monoisotopic (exact) mass is 286 g/mol. The van der Waals surface area contributed by atoms with Gasteiger partial charge < -0.3 is 14.9 Å². The SMILES string of the molecule is Cc1noc(C)c1CSCC(=O)NC(C)(C)C(=O)O. The first-order valence-electron chi connectivity index (χ1n) is 5.78. The maximum Gasteiger partial charge on any atom is 0.328 e. The molecule has 106 valence electrons. The standard InChI is InChI=1S/C12H18N2O4S/c1-7-9(8(2)18-14-7)5-19-6-10(15)13-12(3,4)11(16)17/h5-6H2,1-4H3,(H,13,15)(H,16,17). The van der Waals surface area contributed by atoms with E-state index in [1.54, 1.807) is 0 Å². The second-order valence-corrected chi connectivity index (χ2v) is 5.76. The van der Waals surface area contributed by atoms with Crippen molar-refractivity contribution in [1.82, 2.24) is 10.5 Å². The summed E-state index contributed by atoms with van der Waals surface area (Å²) in [7, 11) is 0. The van der Waals surface area contributed by atoms with Crippen molar-refractivity contribution < 1.29 is 19.2 Å². The number of aliphatic carboxylic acids is 1. The van der Waals surface area contributed by atoms with E-state index < -0.39 is 11.5 Å². The molecule has 1 heterocycles. The first-order valence-corrected chi connectivity index (χ1v) is 6.93. The van der Waals surface area contributed by atoms with E-state index in [9.17, 15) is 9.59 Å². The van der Waals surface area contributed by atoms with Gasteiger partial charge in [-0.25, -0.2) is 4.79 Å². The van der Waals surface area contributed by atoms with Crippen LogP contribution in [0.5, 0.6) is 0 Å². The Balaban J connectivity index is 2.42. The number of carboxylic acids is 1. The van der Waals surface area contributed by atoms with Gasteiger partial charge in [-0.05, 0) is 27.7 Å². The fourth-order valence-corrected chi connectivity index (χ4v) is 2.37. The predicted molar refractivity (Wildman–Crippen MR) is 72.0 cm³/mol. The summed E-state index contributed by atoms with van der Waals surface area (Å²) in [5.74, 6) is 0.195. The Morgan fingerprint density at radius 3 is 2.53 bits per heavy atom. The Morgan fingerprint density at radius 2 is 2.05 bits per heavy atom. The summed E-state index contributed by atoms with van der Waals surface area (Å²) >= 11 is 1.39. The van der Waals surface area contributed by atoms with E-state index in [2.05, 4.69) is 10.5 Å². The molecular weight excluding hydrogens is 268 g/mol. The molecule has 0 aliphatic rings. The third-order valence-corrected chi connectivity index (χ3v) is 3.61. The van der Waals surface area contributed by atoms with Crippen LogP contribution in [0.2, 0.25) is 0 Å². The molecule has 0 fully saturated rings. The van der Waals surface area contributed by atoms with E-state index >= 15 is 0 Å². The number of carboxylic acid groups (broad SMARTS) is 1. The maximum atomic E-state index is 11.6. The lowest BCUT2D eigenvalue weighted by molar-refractivity contribution is -0.145. The molecule has 0 aromatic carbocycles. The zero-order valence-electron chi connectivity index (χ0n) is 11.4. The smallest absolute Gasteiger partial charge is 0.328 e. The fourth-order valence-electron chi connectivity index (χ4n) is 1.39. The molecule has 0 bridgehead atoms. The Hall–Kier alpha value is -1.50. The molecule has 0 saturated carbocycles. The van der Waals surface area contributed by atoms with Crippen molar-refractivity contribution in [2.45, 2.75) is 39.0 Å². The highest BCUT2D eigenvalue weighted by Gasteiger charge is 2.28. The number of nitrogens with one attached hydrogen (secondary N) is 1. The minimum absolute atomic E-state index is 0.195. The minimum Gasteiger partial charge on any atom is -0.480 e. The van der Waals surface area contributed by atoms with Crippen molar-refractivity contribution in [3.63, 3.8) is 0 Å². The van der Waals surface area contributed by atoms with E-state index in [1.807, 2.05) is 13.8 Å². The molecule has 7 heteroatoms. The van der Waals surface area contributed by atoms with Crippen molar-refractivity contribution in [1.29, 1.82) is 0 Å². The van der Waals surface area contributed by atoms with Crippen LogP contribution in [0.3, 0.4) is 0 Å². The minimum atomic E-state index is -1.25. The van der Waals surface area contributed by atoms with Crippen LogP contribution in [0, 0.1) is 13.8 Å². The highest BCUT2D eigenvalue weighted by Crippen LogP contribution is 2.19. The molecular formula is C12H18N2O4S. The van der Waals surface area contributed by atoms with Gasteiger partial charge >= 0.3 is 5.97 Å². The van der Waals surface area contributed by atoms with Gasteiger partial charge in [-0.2, -0.15) is 0 Å². The van der Waals surface area contributed by atoms with Gasteiger partial charge in [-0.3, -0.25) is 4.79 Å². The molecule has 0 unspecified atom stereocenters. The highest BCUT2D eigenvalue weighted by molar-refractivity contribution is 7.99. The quantitative estimate of drug-likeness (QED) is 0.823. The lowest BCUT2D eigenvalue weighted by Crippen LogP contribution is -2.50. The van der Waals surface area contributed by atoms with E-state index in [-0.39, 0.29) is 11.7 Å². The van der Waals surface area contributed by atoms with Crippen LogP contribution in [0.1, 0.15) is 30.9 Å². The Labute approximate surface area is 115 Å². The molecule has 6 nitrogen and oxygen atoms in total. The van der Waals surface area contributed by atoms with Crippen LogP contribution in [0.25, 0.3) is 0 Å². The number of carbonyl (C=O) groups is 2. The fraction of sp³-hybridized carbons (Fsp3) is 0.583. The number of thioether (sulfide) groups is 1. The van der Waals surface area contributed by atoms with Gasteiger partial charge in [0.1, 0.15) is 11.3 Å². The van der Waals surface area contributed by atoms with Crippen LogP contribution in [0.4, 0.5) is 0 Å². The number of rotatable bonds is 6. The van der Waals surface area contributed by atoms with Crippen molar-refractivity contribution in [2.75, 3.05) is 5.75 Å². The van der Waals surface area contributed by atoms with Crippen molar-refractivity contribution >= 4 is 23.6 Å². The predicted octanol–water partition coefficient (Wildman–Crippen LogP) is 1.50. The van der Waals surface area contributed by atoms with Crippen LogP contribution in [-0.2, 0) is 15.3 Å². The van der Waals surface area contributed by atoms with Crippen molar-refractivity contribution in [2.24, 2.45) is 0 Å². The topological polar surface area (TPSA) is 92.4 Å². The van der Waals surface area contributed by atoms with Crippen molar-refractivity contribution in [3.05, 3.63) is 17.0 Å². The Morgan fingerprint density at radius 1 is 1.42 bits per heavy atom. The summed E-state index contributed by atoms with van der Waals surface area (Å²) in [4.78, 5) is 22.5. The molecule has 0 saturated heterocycles. The molecule has 0 aliphatic heterocycles. The zero-order valence-corrected chi connectivity index (χ0v) is 12.3. The first-order chi connectivity index (χ1) is 8.74. The van der Waals surface area contributed by atoms with Gasteiger partial charge in [-0.1, -0.05) is 5.16 Å². The molecule has 19 heavy (non-hydrogen) atoms. The number of hydrogen-bond acceptors (Lipinski definition) is 5. The van der Waals surface area contributed by atoms with Crippen molar-refractivity contribution in [3.8, 4) is 0 Å². The number of aromatic nitrogens is 1. The molecule has 0 spiro atoms. The molecule has 1 aromatic rings. The number of aryl methyl sites for hydroxylation is 2. The second-order valence-electron chi connectivity index (χ2n) is 4.77. The van der Waals surface area contributed by atoms with Crippen LogP contribution in [-0.4, -0.2) is 33.4 Å². The summed E-state index contributed by atoms with van der Waals surface area (Å²) in [6.45, 7) is 6.57. The summed E-state index contributed by atoms with van der Waals surface area (Å²) in [6, 6.07) is 0. The largest absolute Gasteiger partial charge is 0.480 e. The molecule has 0 atom stereocenters. The van der Waals surface area contributed by atoms with E-state index in [0.717, 1.165) is 17.0 Å². The van der Waals surface area contributed by atoms with Gasteiger partial charge in [0.15, 0.2) is 0 Å². The lowest BCUT2D eigenvalue weighted by atomic mass is 10.1. The van der Waals surface area contributed by atoms with Crippen LogP contribution >= 0.6 is 11.8 Å². The molecule has 1 aromatic heterocycles. The molecule has 0 radical (unpaired) electrons. The van der Waals surface area contributed by atoms with Gasteiger partial charge in [0.2, 0.25) is 5.91 Å².